The van der Waals surface area contributed by atoms with Gasteiger partial charge in [0.05, 0.1) is 22.3 Å². The van der Waals surface area contributed by atoms with Gasteiger partial charge in [0.1, 0.15) is 0 Å². The molecule has 1 amide bonds. The highest BCUT2D eigenvalue weighted by Gasteiger charge is 2.46. The Labute approximate surface area is 106 Å². The van der Waals surface area contributed by atoms with Crippen LogP contribution in [0.4, 0.5) is 5.69 Å². The molecule has 90 valence electrons. The summed E-state index contributed by atoms with van der Waals surface area (Å²) >= 11 is 5.00. The molecule has 0 aliphatic heterocycles. The van der Waals surface area contributed by atoms with Crippen LogP contribution in [-0.4, -0.2) is 15.9 Å². The molecule has 1 fully saturated rings. The molecule has 1 aliphatic rings. The lowest BCUT2D eigenvalue weighted by Gasteiger charge is -2.39. The minimum absolute atomic E-state index is 0.108. The van der Waals surface area contributed by atoms with Gasteiger partial charge in [-0.2, -0.15) is 0 Å². The highest BCUT2D eigenvalue weighted by Crippen LogP contribution is 2.42. The second-order valence-corrected chi connectivity index (χ2v) is 4.94. The van der Waals surface area contributed by atoms with Crippen LogP contribution in [0.1, 0.15) is 24.8 Å². The van der Waals surface area contributed by atoms with E-state index in [-0.39, 0.29) is 5.91 Å². The van der Waals surface area contributed by atoms with Gasteiger partial charge in [0.2, 0.25) is 5.91 Å². The van der Waals surface area contributed by atoms with E-state index >= 15 is 0 Å². The second-order valence-electron chi connectivity index (χ2n) is 4.51. The Morgan fingerprint density at radius 3 is 2.71 bits per heavy atom. The molecule has 1 saturated carbocycles. The molecule has 1 aromatic rings. The third kappa shape index (κ3) is 2.15. The second kappa shape index (κ2) is 4.41. The first-order valence-electron chi connectivity index (χ1n) is 5.58. The quantitative estimate of drug-likeness (QED) is 0.801. The van der Waals surface area contributed by atoms with Crippen molar-refractivity contribution in [3.05, 3.63) is 24.0 Å². The van der Waals surface area contributed by atoms with Crippen molar-refractivity contribution in [1.29, 1.82) is 0 Å². The summed E-state index contributed by atoms with van der Waals surface area (Å²) < 4.78 is 0. The number of rotatable bonds is 3. The van der Waals surface area contributed by atoms with Crippen LogP contribution in [0.3, 0.4) is 0 Å². The van der Waals surface area contributed by atoms with Gasteiger partial charge in [0.25, 0.3) is 0 Å². The number of aryl methyl sites for hydroxylation is 1. The lowest BCUT2D eigenvalue weighted by molar-refractivity contribution is -0.125. The molecule has 0 spiro atoms. The molecular weight excluding hydrogens is 234 g/mol. The van der Waals surface area contributed by atoms with E-state index in [1.54, 1.807) is 12.4 Å². The number of pyridine rings is 1. The molecule has 1 aliphatic carbocycles. The molecule has 1 aromatic heterocycles. The van der Waals surface area contributed by atoms with Crippen molar-refractivity contribution in [2.24, 2.45) is 11.1 Å². The average Bonchev–Trinajstić information content (AvgIpc) is 2.14. The van der Waals surface area contributed by atoms with Crippen LogP contribution in [-0.2, 0) is 4.79 Å². The minimum Gasteiger partial charge on any atom is -0.392 e. The average molecular weight is 249 g/mol. The van der Waals surface area contributed by atoms with Crippen molar-refractivity contribution < 1.29 is 4.79 Å². The van der Waals surface area contributed by atoms with Crippen molar-refractivity contribution in [1.82, 2.24) is 4.98 Å². The maximum Gasteiger partial charge on any atom is 0.237 e. The minimum atomic E-state index is -0.640. The van der Waals surface area contributed by atoms with Gasteiger partial charge in [-0.3, -0.25) is 9.78 Å². The lowest BCUT2D eigenvalue weighted by Crippen LogP contribution is -2.50. The number of carbonyl (C=O) groups excluding carboxylic acids is 1. The molecular formula is C12H15N3OS. The van der Waals surface area contributed by atoms with Gasteiger partial charge in [0.15, 0.2) is 0 Å². The summed E-state index contributed by atoms with van der Waals surface area (Å²) in [6.45, 7) is 1.93. The van der Waals surface area contributed by atoms with E-state index in [9.17, 15) is 4.79 Å². The van der Waals surface area contributed by atoms with Gasteiger partial charge in [-0.05, 0) is 31.4 Å². The normalized spacial score (nSPS) is 17.0. The topological polar surface area (TPSA) is 68.0 Å². The smallest absolute Gasteiger partial charge is 0.237 e. The third-order valence-electron chi connectivity index (χ3n) is 3.25. The van der Waals surface area contributed by atoms with Crippen molar-refractivity contribution in [3.8, 4) is 0 Å². The number of nitrogens with two attached hydrogens (primary N) is 1. The van der Waals surface area contributed by atoms with Crippen LogP contribution in [0.5, 0.6) is 0 Å². The van der Waals surface area contributed by atoms with Gasteiger partial charge in [-0.15, -0.1) is 0 Å². The van der Waals surface area contributed by atoms with E-state index in [0.717, 1.165) is 24.8 Å². The fraction of sp³-hybridized carbons (Fsp3) is 0.417. The van der Waals surface area contributed by atoms with E-state index in [4.69, 9.17) is 18.0 Å². The zero-order chi connectivity index (χ0) is 12.5. The molecule has 0 aromatic carbocycles. The van der Waals surface area contributed by atoms with E-state index in [1.165, 1.54) is 0 Å². The molecule has 0 radical (unpaired) electrons. The van der Waals surface area contributed by atoms with Crippen molar-refractivity contribution in [2.75, 3.05) is 5.32 Å². The van der Waals surface area contributed by atoms with E-state index < -0.39 is 5.41 Å². The maximum atomic E-state index is 12.2. The van der Waals surface area contributed by atoms with Crippen LogP contribution in [0.25, 0.3) is 0 Å². The molecule has 0 unspecified atom stereocenters. The highest BCUT2D eigenvalue weighted by atomic mass is 32.1. The maximum absolute atomic E-state index is 12.2. The third-order valence-corrected chi connectivity index (χ3v) is 3.64. The number of anilines is 1. The molecule has 1 heterocycles. The van der Waals surface area contributed by atoms with Crippen LogP contribution >= 0.6 is 12.2 Å². The van der Waals surface area contributed by atoms with Crippen molar-refractivity contribution >= 4 is 28.8 Å². The monoisotopic (exact) mass is 249 g/mol. The Balaban J connectivity index is 2.14. The Hall–Kier alpha value is -1.49. The first kappa shape index (κ1) is 12.0. The Morgan fingerprint density at radius 2 is 2.24 bits per heavy atom. The summed E-state index contributed by atoms with van der Waals surface area (Å²) in [5, 5.41) is 2.84. The summed E-state index contributed by atoms with van der Waals surface area (Å²) in [5.74, 6) is -0.108. The van der Waals surface area contributed by atoms with E-state index in [2.05, 4.69) is 10.3 Å². The summed E-state index contributed by atoms with van der Waals surface area (Å²) in [6.07, 6.45) is 5.84. The fourth-order valence-electron chi connectivity index (χ4n) is 1.99. The first-order valence-corrected chi connectivity index (χ1v) is 5.98. The SMILES string of the molecule is Cc1cncc(NC(=O)C2(C(N)=S)CCC2)c1. The molecule has 0 saturated heterocycles. The predicted octanol–water partition coefficient (Wildman–Crippen LogP) is 1.78. The number of hydrogen-bond acceptors (Lipinski definition) is 3. The Bertz CT molecular complexity index is 469. The summed E-state index contributed by atoms with van der Waals surface area (Å²) in [5.41, 5.74) is 6.73. The first-order chi connectivity index (χ1) is 8.04. The molecule has 3 N–H and O–H groups in total. The van der Waals surface area contributed by atoms with Gasteiger partial charge >= 0.3 is 0 Å². The van der Waals surface area contributed by atoms with Gasteiger partial charge in [0, 0.05) is 6.20 Å². The summed E-state index contributed by atoms with van der Waals surface area (Å²) in [7, 11) is 0. The predicted molar refractivity (Wildman–Crippen MR) is 70.7 cm³/mol. The molecule has 4 nitrogen and oxygen atoms in total. The number of aromatic nitrogens is 1. The van der Waals surface area contributed by atoms with Gasteiger partial charge < -0.3 is 11.1 Å². The van der Waals surface area contributed by atoms with E-state index in [0.29, 0.717) is 10.7 Å². The number of nitrogens with zero attached hydrogens (tertiary/aromatic N) is 1. The van der Waals surface area contributed by atoms with Crippen LogP contribution < -0.4 is 11.1 Å². The zero-order valence-corrected chi connectivity index (χ0v) is 10.5. The van der Waals surface area contributed by atoms with Crippen molar-refractivity contribution in [3.63, 3.8) is 0 Å². The number of thiocarbonyl (C=S) groups is 1. The van der Waals surface area contributed by atoms with Gasteiger partial charge in [-0.1, -0.05) is 18.6 Å². The molecule has 5 heteroatoms. The van der Waals surface area contributed by atoms with Crippen LogP contribution in [0.15, 0.2) is 18.5 Å². The largest absolute Gasteiger partial charge is 0.392 e. The molecule has 0 bridgehead atoms. The molecule has 2 rings (SSSR count). The standard InChI is InChI=1S/C12H15N3OS/c1-8-5-9(7-14-6-8)15-11(16)12(10(13)17)3-2-4-12/h5-7H,2-4H2,1H3,(H2,13,17)(H,15,16). The van der Waals surface area contributed by atoms with Crippen LogP contribution in [0, 0.1) is 12.3 Å². The molecule has 17 heavy (non-hydrogen) atoms. The Morgan fingerprint density at radius 1 is 1.53 bits per heavy atom. The fourth-order valence-corrected chi connectivity index (χ4v) is 2.29. The van der Waals surface area contributed by atoms with Crippen molar-refractivity contribution in [2.45, 2.75) is 26.2 Å². The number of hydrogen-bond donors (Lipinski definition) is 2. The number of carbonyl (C=O) groups is 1. The zero-order valence-electron chi connectivity index (χ0n) is 9.69. The lowest BCUT2D eigenvalue weighted by atomic mass is 9.68. The van der Waals surface area contributed by atoms with Gasteiger partial charge in [-0.25, -0.2) is 0 Å². The van der Waals surface area contributed by atoms with Crippen LogP contribution in [0.2, 0.25) is 0 Å². The molecule has 0 atom stereocenters. The Kier molecular flexibility index (Phi) is 3.11. The summed E-state index contributed by atoms with van der Waals surface area (Å²) in [6, 6.07) is 1.87. The highest BCUT2D eigenvalue weighted by molar-refractivity contribution is 7.80. The summed E-state index contributed by atoms with van der Waals surface area (Å²) in [4.78, 5) is 16.5. The number of amides is 1. The number of nitrogens with one attached hydrogen (secondary N) is 1. The van der Waals surface area contributed by atoms with E-state index in [1.807, 2.05) is 13.0 Å².